The van der Waals surface area contributed by atoms with E-state index in [0.29, 0.717) is 30.1 Å². The van der Waals surface area contributed by atoms with Gasteiger partial charge in [-0.15, -0.1) is 0 Å². The molecule has 0 aliphatic heterocycles. The molecule has 2 N–H and O–H groups in total. The standard InChI is InChI=1S/C25H34FNO/c26-17-23-11-19-12-24(14-23,20-4-2-1-3-5-20)16-25(13-19,15-23)22(28)10-18-6-8-21(27)9-7-18/h1-5,18-19,21H,6-17,27H2. The largest absolute Gasteiger partial charge is 0.328 e. The second kappa shape index (κ2) is 6.65. The summed E-state index contributed by atoms with van der Waals surface area (Å²) in [6.45, 7) is -0.259. The summed E-state index contributed by atoms with van der Waals surface area (Å²) in [5.41, 5.74) is 6.88. The van der Waals surface area contributed by atoms with E-state index < -0.39 is 0 Å². The van der Waals surface area contributed by atoms with Gasteiger partial charge in [-0.3, -0.25) is 9.18 Å². The first kappa shape index (κ1) is 18.8. The Morgan fingerprint density at radius 1 is 1.00 bits per heavy atom. The molecule has 4 bridgehead atoms. The van der Waals surface area contributed by atoms with Crippen molar-refractivity contribution >= 4 is 5.78 Å². The average Bonchev–Trinajstić information content (AvgIpc) is 2.69. The second-order valence-electron chi connectivity index (χ2n) is 11.0. The second-order valence-corrected chi connectivity index (χ2v) is 11.0. The van der Waals surface area contributed by atoms with E-state index in [2.05, 4.69) is 30.3 Å². The lowest BCUT2D eigenvalue weighted by Gasteiger charge is -2.66. The van der Waals surface area contributed by atoms with E-state index in [4.69, 9.17) is 5.73 Å². The average molecular weight is 384 g/mol. The van der Waals surface area contributed by atoms with Gasteiger partial charge in [-0.05, 0) is 87.0 Å². The molecule has 4 atom stereocenters. The third kappa shape index (κ3) is 2.96. The van der Waals surface area contributed by atoms with Crippen LogP contribution in [-0.2, 0) is 10.2 Å². The Bertz CT molecular complexity index is 742. The van der Waals surface area contributed by atoms with Crippen molar-refractivity contribution in [1.82, 2.24) is 0 Å². The molecule has 5 aliphatic carbocycles. The maximum Gasteiger partial charge on any atom is 0.139 e. The third-order valence-corrected chi connectivity index (χ3v) is 8.81. The molecule has 6 rings (SSSR count). The van der Waals surface area contributed by atoms with E-state index in [0.717, 1.165) is 64.2 Å². The van der Waals surface area contributed by atoms with Gasteiger partial charge in [0.2, 0.25) is 0 Å². The topological polar surface area (TPSA) is 43.1 Å². The first-order chi connectivity index (χ1) is 13.5. The summed E-state index contributed by atoms with van der Waals surface area (Å²) in [7, 11) is 0. The molecule has 0 spiro atoms. The minimum atomic E-state index is -0.277. The smallest absolute Gasteiger partial charge is 0.139 e. The lowest BCUT2D eigenvalue weighted by Crippen LogP contribution is -2.61. The quantitative estimate of drug-likeness (QED) is 0.746. The van der Waals surface area contributed by atoms with Crippen molar-refractivity contribution in [2.75, 3.05) is 6.67 Å². The Balaban J connectivity index is 1.45. The molecular weight excluding hydrogens is 349 g/mol. The third-order valence-electron chi connectivity index (χ3n) is 8.81. The summed E-state index contributed by atoms with van der Waals surface area (Å²) in [5.74, 6) is 1.46. The van der Waals surface area contributed by atoms with Crippen LogP contribution in [0.15, 0.2) is 30.3 Å². The van der Waals surface area contributed by atoms with Crippen molar-refractivity contribution in [2.24, 2.45) is 28.4 Å². The number of ketones is 1. The zero-order valence-electron chi connectivity index (χ0n) is 17.0. The summed E-state index contributed by atoms with van der Waals surface area (Å²) in [6.07, 6.45) is 10.8. The minimum Gasteiger partial charge on any atom is -0.328 e. The van der Waals surface area contributed by atoms with Crippen LogP contribution in [0, 0.1) is 22.7 Å². The molecule has 3 heteroatoms. The Labute approximate surface area is 168 Å². The van der Waals surface area contributed by atoms with Crippen LogP contribution in [0.4, 0.5) is 4.39 Å². The maximum absolute atomic E-state index is 14.4. The highest BCUT2D eigenvalue weighted by molar-refractivity contribution is 5.86. The van der Waals surface area contributed by atoms with Crippen LogP contribution in [0.3, 0.4) is 0 Å². The van der Waals surface area contributed by atoms with E-state index in [-0.39, 0.29) is 22.9 Å². The molecule has 0 heterocycles. The molecular formula is C25H34FNO. The van der Waals surface area contributed by atoms with Gasteiger partial charge in [0, 0.05) is 23.3 Å². The lowest BCUT2D eigenvalue weighted by molar-refractivity contribution is -0.164. The summed E-state index contributed by atoms with van der Waals surface area (Å²) in [5, 5.41) is 0. The Hall–Kier alpha value is -1.22. The molecule has 5 fully saturated rings. The van der Waals surface area contributed by atoms with Crippen LogP contribution in [0.1, 0.15) is 76.2 Å². The maximum atomic E-state index is 14.4. The van der Waals surface area contributed by atoms with E-state index >= 15 is 0 Å². The summed E-state index contributed by atoms with van der Waals surface area (Å²) < 4.78 is 14.4. The molecule has 2 nitrogen and oxygen atoms in total. The van der Waals surface area contributed by atoms with Crippen molar-refractivity contribution in [3.05, 3.63) is 35.9 Å². The van der Waals surface area contributed by atoms with Crippen LogP contribution >= 0.6 is 0 Å². The number of carbonyl (C=O) groups is 1. The molecule has 0 amide bonds. The minimum absolute atomic E-state index is 0.0113. The highest BCUT2D eigenvalue weighted by atomic mass is 19.1. The molecule has 0 aromatic heterocycles. The van der Waals surface area contributed by atoms with E-state index in [1.165, 1.54) is 5.56 Å². The van der Waals surface area contributed by atoms with E-state index in [9.17, 15) is 9.18 Å². The predicted molar refractivity (Wildman–Crippen MR) is 110 cm³/mol. The van der Waals surface area contributed by atoms with Crippen LogP contribution in [0.25, 0.3) is 0 Å². The van der Waals surface area contributed by atoms with Gasteiger partial charge >= 0.3 is 0 Å². The fourth-order valence-electron chi connectivity index (χ4n) is 8.08. The normalized spacial score (nSPS) is 44.6. The van der Waals surface area contributed by atoms with E-state index in [1.54, 1.807) is 0 Å². The monoisotopic (exact) mass is 383 g/mol. The fourth-order valence-corrected chi connectivity index (χ4v) is 8.08. The molecule has 0 radical (unpaired) electrons. The number of alkyl halides is 1. The van der Waals surface area contributed by atoms with Gasteiger partial charge in [0.15, 0.2) is 0 Å². The molecule has 1 aromatic carbocycles. The van der Waals surface area contributed by atoms with Gasteiger partial charge in [-0.25, -0.2) is 0 Å². The fraction of sp³-hybridized carbons (Fsp3) is 0.720. The van der Waals surface area contributed by atoms with Gasteiger partial charge in [0.25, 0.3) is 0 Å². The molecule has 5 saturated carbocycles. The van der Waals surface area contributed by atoms with Crippen LogP contribution in [-0.4, -0.2) is 18.5 Å². The lowest BCUT2D eigenvalue weighted by atomic mass is 9.38. The van der Waals surface area contributed by atoms with Crippen molar-refractivity contribution in [3.8, 4) is 0 Å². The highest BCUT2D eigenvalue weighted by Gasteiger charge is 2.65. The van der Waals surface area contributed by atoms with Gasteiger partial charge < -0.3 is 5.73 Å². The Morgan fingerprint density at radius 3 is 2.46 bits per heavy atom. The first-order valence-electron chi connectivity index (χ1n) is 11.4. The number of Topliss-reactive ketones (excluding diaryl/α,β-unsaturated/α-hetero) is 1. The van der Waals surface area contributed by atoms with Crippen molar-refractivity contribution < 1.29 is 9.18 Å². The number of hydrogen-bond donors (Lipinski definition) is 1. The zero-order valence-corrected chi connectivity index (χ0v) is 17.0. The van der Waals surface area contributed by atoms with Gasteiger partial charge in [0.05, 0.1) is 6.67 Å². The number of benzene rings is 1. The van der Waals surface area contributed by atoms with Crippen LogP contribution in [0.5, 0.6) is 0 Å². The zero-order chi connectivity index (χ0) is 19.4. The van der Waals surface area contributed by atoms with Crippen molar-refractivity contribution in [2.45, 2.75) is 82.1 Å². The number of rotatable bonds is 5. The van der Waals surface area contributed by atoms with Gasteiger partial charge in [0.1, 0.15) is 5.78 Å². The van der Waals surface area contributed by atoms with Crippen LogP contribution < -0.4 is 5.73 Å². The summed E-state index contributed by atoms with van der Waals surface area (Å²) in [4.78, 5) is 13.7. The number of halogens is 1. The number of nitrogens with two attached hydrogens (primary N) is 1. The van der Waals surface area contributed by atoms with Gasteiger partial charge in [-0.1, -0.05) is 30.3 Å². The summed E-state index contributed by atoms with van der Waals surface area (Å²) in [6, 6.07) is 11.0. The highest BCUT2D eigenvalue weighted by Crippen LogP contribution is 2.70. The molecule has 5 aliphatic rings. The van der Waals surface area contributed by atoms with E-state index in [1.807, 2.05) is 0 Å². The summed E-state index contributed by atoms with van der Waals surface area (Å²) >= 11 is 0. The molecule has 4 unspecified atom stereocenters. The Morgan fingerprint density at radius 2 is 1.75 bits per heavy atom. The SMILES string of the molecule is NC1CCC(CC(=O)C23CC4CC(CF)(C2)CC(c2ccccc2)(C4)C3)CC1. The predicted octanol–water partition coefficient (Wildman–Crippen LogP) is 5.34. The molecule has 0 saturated heterocycles. The van der Waals surface area contributed by atoms with Crippen LogP contribution in [0.2, 0.25) is 0 Å². The number of carbonyl (C=O) groups excluding carboxylic acids is 1. The van der Waals surface area contributed by atoms with Gasteiger partial charge in [-0.2, -0.15) is 0 Å². The number of hydrogen-bond acceptors (Lipinski definition) is 2. The van der Waals surface area contributed by atoms with Crippen molar-refractivity contribution in [3.63, 3.8) is 0 Å². The van der Waals surface area contributed by atoms with Crippen molar-refractivity contribution in [1.29, 1.82) is 0 Å². The Kier molecular flexibility index (Phi) is 4.46. The molecule has 1 aromatic rings. The first-order valence-corrected chi connectivity index (χ1v) is 11.4. The molecule has 28 heavy (non-hydrogen) atoms. The molecule has 152 valence electrons.